The van der Waals surface area contributed by atoms with Crippen molar-refractivity contribution in [1.29, 1.82) is 0 Å². The Morgan fingerprint density at radius 2 is 1.71 bits per heavy atom. The third-order valence-electron chi connectivity index (χ3n) is 4.01. The Morgan fingerprint density at radius 1 is 1.10 bits per heavy atom. The third kappa shape index (κ3) is 3.58. The smallest absolute Gasteiger partial charge is 0.125 e. The summed E-state index contributed by atoms with van der Waals surface area (Å²) in [6.07, 6.45) is 1.14. The second-order valence-corrected chi connectivity index (χ2v) is 5.78. The van der Waals surface area contributed by atoms with E-state index in [1.54, 1.807) is 13.2 Å². The molecule has 2 aromatic carbocycles. The summed E-state index contributed by atoms with van der Waals surface area (Å²) in [5.74, 6) is 1.29. The number of nitrogens with two attached hydrogens (primary N) is 1. The Hall–Kier alpha value is -1.51. The van der Waals surface area contributed by atoms with E-state index in [1.165, 1.54) is 5.56 Å². The fraction of sp³-hybridized carbons (Fsp3) is 0.333. The predicted octanol–water partition coefficient (Wildman–Crippen LogP) is 4.91. The summed E-state index contributed by atoms with van der Waals surface area (Å²) >= 11 is 6.00. The normalized spacial score (nSPS) is 13.8. The molecule has 2 atom stereocenters. The molecule has 0 fully saturated rings. The minimum atomic E-state index is -0.219. The van der Waals surface area contributed by atoms with E-state index in [1.807, 2.05) is 12.1 Å². The Bertz CT molecular complexity index is 595. The number of methoxy groups -OCH3 is 1. The van der Waals surface area contributed by atoms with Crippen molar-refractivity contribution >= 4 is 11.6 Å². The van der Waals surface area contributed by atoms with E-state index in [4.69, 9.17) is 22.1 Å². The van der Waals surface area contributed by atoms with Crippen LogP contribution in [0, 0.1) is 0 Å². The van der Waals surface area contributed by atoms with Crippen molar-refractivity contribution in [3.05, 3.63) is 64.2 Å². The van der Waals surface area contributed by atoms with Crippen LogP contribution in [0.5, 0.6) is 5.75 Å². The summed E-state index contributed by atoms with van der Waals surface area (Å²) in [7, 11) is 1.63. The van der Waals surface area contributed by atoms with Gasteiger partial charge in [-0.05, 0) is 35.6 Å². The first-order chi connectivity index (χ1) is 10.1. The molecular formula is C18H22ClNO. The number of rotatable bonds is 5. The number of hydrogen-bond acceptors (Lipinski definition) is 2. The predicted molar refractivity (Wildman–Crippen MR) is 89.2 cm³/mol. The first kappa shape index (κ1) is 15.9. The molecule has 112 valence electrons. The van der Waals surface area contributed by atoms with Crippen molar-refractivity contribution < 1.29 is 4.74 Å². The fourth-order valence-electron chi connectivity index (χ4n) is 2.39. The second-order valence-electron chi connectivity index (χ2n) is 5.34. The summed E-state index contributed by atoms with van der Waals surface area (Å²) in [6.45, 7) is 4.43. The van der Waals surface area contributed by atoms with Crippen LogP contribution in [0.3, 0.4) is 0 Å². The van der Waals surface area contributed by atoms with Gasteiger partial charge in [0.15, 0.2) is 0 Å². The maximum atomic E-state index is 6.38. The van der Waals surface area contributed by atoms with E-state index in [0.717, 1.165) is 23.3 Å². The maximum Gasteiger partial charge on any atom is 0.125 e. The van der Waals surface area contributed by atoms with Crippen LogP contribution < -0.4 is 10.5 Å². The molecule has 2 N–H and O–H groups in total. The zero-order valence-corrected chi connectivity index (χ0v) is 13.5. The van der Waals surface area contributed by atoms with Gasteiger partial charge in [-0.25, -0.2) is 0 Å². The molecule has 0 aromatic heterocycles. The van der Waals surface area contributed by atoms with Gasteiger partial charge >= 0.3 is 0 Å². The monoisotopic (exact) mass is 303 g/mol. The molecule has 0 radical (unpaired) electrons. The van der Waals surface area contributed by atoms with Crippen molar-refractivity contribution in [3.8, 4) is 5.75 Å². The molecule has 0 aliphatic heterocycles. The summed E-state index contributed by atoms with van der Waals surface area (Å²) < 4.78 is 5.38. The van der Waals surface area contributed by atoms with Gasteiger partial charge in [0.2, 0.25) is 0 Å². The van der Waals surface area contributed by atoms with Crippen LogP contribution in [-0.2, 0) is 0 Å². The van der Waals surface area contributed by atoms with Gasteiger partial charge in [-0.1, -0.05) is 55.8 Å². The van der Waals surface area contributed by atoms with Gasteiger partial charge in [0, 0.05) is 10.6 Å². The van der Waals surface area contributed by atoms with Gasteiger partial charge in [0.25, 0.3) is 0 Å². The molecule has 3 heteroatoms. The van der Waals surface area contributed by atoms with Crippen molar-refractivity contribution in [2.75, 3.05) is 7.11 Å². The first-order valence-corrected chi connectivity index (χ1v) is 7.63. The molecule has 0 amide bonds. The Labute approximate surface area is 131 Å². The highest BCUT2D eigenvalue weighted by Gasteiger charge is 2.15. The van der Waals surface area contributed by atoms with E-state index >= 15 is 0 Å². The van der Waals surface area contributed by atoms with Gasteiger partial charge in [-0.2, -0.15) is 0 Å². The van der Waals surface area contributed by atoms with Crippen LogP contribution in [0.1, 0.15) is 48.9 Å². The molecule has 0 aliphatic rings. The summed E-state index contributed by atoms with van der Waals surface area (Å²) in [5, 5.41) is 0.648. The molecule has 0 aliphatic carbocycles. The molecule has 0 saturated carbocycles. The van der Waals surface area contributed by atoms with E-state index in [2.05, 4.69) is 38.1 Å². The van der Waals surface area contributed by atoms with Crippen molar-refractivity contribution in [2.24, 2.45) is 5.73 Å². The fourth-order valence-corrected chi connectivity index (χ4v) is 2.55. The minimum Gasteiger partial charge on any atom is -0.496 e. The standard InChI is InChI=1S/C18H22ClNO/c1-4-12(2)13-5-7-14(8-6-13)18(20)16-10-9-15(19)11-17(16)21-3/h5-12,18H,4,20H2,1-3H3. The minimum absolute atomic E-state index is 0.219. The number of halogens is 1. The molecule has 2 rings (SSSR count). The van der Waals surface area contributed by atoms with E-state index in [9.17, 15) is 0 Å². The van der Waals surface area contributed by atoms with Crippen LogP contribution in [0.4, 0.5) is 0 Å². The first-order valence-electron chi connectivity index (χ1n) is 7.25. The maximum absolute atomic E-state index is 6.38. The van der Waals surface area contributed by atoms with Gasteiger partial charge < -0.3 is 10.5 Å². The Kier molecular flexibility index (Phi) is 5.27. The largest absolute Gasteiger partial charge is 0.496 e. The van der Waals surface area contributed by atoms with Crippen LogP contribution >= 0.6 is 11.6 Å². The number of benzene rings is 2. The summed E-state index contributed by atoms with van der Waals surface area (Å²) in [4.78, 5) is 0. The summed E-state index contributed by atoms with van der Waals surface area (Å²) in [5.41, 5.74) is 9.74. The molecule has 2 unspecified atom stereocenters. The third-order valence-corrected chi connectivity index (χ3v) is 4.24. The molecule has 21 heavy (non-hydrogen) atoms. The molecule has 0 saturated heterocycles. The van der Waals surface area contributed by atoms with Crippen LogP contribution in [0.25, 0.3) is 0 Å². The van der Waals surface area contributed by atoms with Gasteiger partial charge in [-0.15, -0.1) is 0 Å². The van der Waals surface area contributed by atoms with Gasteiger partial charge in [0.05, 0.1) is 13.2 Å². The zero-order valence-electron chi connectivity index (χ0n) is 12.8. The lowest BCUT2D eigenvalue weighted by atomic mass is 9.94. The van der Waals surface area contributed by atoms with Crippen LogP contribution in [-0.4, -0.2) is 7.11 Å². The lowest BCUT2D eigenvalue weighted by Gasteiger charge is -2.17. The molecule has 2 aromatic rings. The van der Waals surface area contributed by atoms with Crippen molar-refractivity contribution in [2.45, 2.75) is 32.2 Å². The van der Waals surface area contributed by atoms with Crippen LogP contribution in [0.15, 0.2) is 42.5 Å². The quantitative estimate of drug-likeness (QED) is 0.851. The average molecular weight is 304 g/mol. The zero-order chi connectivity index (χ0) is 15.4. The summed E-state index contributed by atoms with van der Waals surface area (Å²) in [6, 6.07) is 13.9. The molecule has 0 spiro atoms. The molecule has 0 heterocycles. The second kappa shape index (κ2) is 6.97. The van der Waals surface area contributed by atoms with E-state index in [0.29, 0.717) is 10.9 Å². The van der Waals surface area contributed by atoms with E-state index in [-0.39, 0.29) is 6.04 Å². The highest BCUT2D eigenvalue weighted by Crippen LogP contribution is 2.31. The topological polar surface area (TPSA) is 35.2 Å². The van der Waals surface area contributed by atoms with Gasteiger partial charge in [0.1, 0.15) is 5.75 Å². The van der Waals surface area contributed by atoms with Gasteiger partial charge in [-0.3, -0.25) is 0 Å². The Balaban J connectivity index is 2.29. The average Bonchev–Trinajstić information content (AvgIpc) is 2.53. The lowest BCUT2D eigenvalue weighted by Crippen LogP contribution is -2.13. The van der Waals surface area contributed by atoms with Crippen molar-refractivity contribution in [1.82, 2.24) is 0 Å². The molecule has 2 nitrogen and oxygen atoms in total. The number of hydrogen-bond donors (Lipinski definition) is 1. The van der Waals surface area contributed by atoms with E-state index < -0.39 is 0 Å². The van der Waals surface area contributed by atoms with Crippen molar-refractivity contribution in [3.63, 3.8) is 0 Å². The Morgan fingerprint density at radius 3 is 2.29 bits per heavy atom. The lowest BCUT2D eigenvalue weighted by molar-refractivity contribution is 0.408. The number of ether oxygens (including phenoxy) is 1. The van der Waals surface area contributed by atoms with Crippen LogP contribution in [0.2, 0.25) is 5.02 Å². The molecular weight excluding hydrogens is 282 g/mol. The highest BCUT2D eigenvalue weighted by atomic mass is 35.5. The molecule has 0 bridgehead atoms. The highest BCUT2D eigenvalue weighted by molar-refractivity contribution is 6.30. The SMILES string of the molecule is CCC(C)c1ccc(C(N)c2ccc(Cl)cc2OC)cc1.